The van der Waals surface area contributed by atoms with Crippen LogP contribution in [0.15, 0.2) is 48.9 Å². The van der Waals surface area contributed by atoms with Gasteiger partial charge in [-0.1, -0.05) is 5.92 Å². The van der Waals surface area contributed by atoms with E-state index in [1.807, 2.05) is 0 Å². The van der Waals surface area contributed by atoms with Crippen molar-refractivity contribution in [3.63, 3.8) is 0 Å². The lowest BCUT2D eigenvalue weighted by Crippen LogP contribution is -2.10. The summed E-state index contributed by atoms with van der Waals surface area (Å²) in [6, 6.07) is 6.97. The highest BCUT2D eigenvalue weighted by Crippen LogP contribution is 2.39. The molecule has 2 aromatic carbocycles. The van der Waals surface area contributed by atoms with Gasteiger partial charge in [0.2, 0.25) is 0 Å². The van der Waals surface area contributed by atoms with Gasteiger partial charge in [-0.3, -0.25) is 14.5 Å². The van der Waals surface area contributed by atoms with Gasteiger partial charge in [0.25, 0.3) is 5.92 Å². The Hall–Kier alpha value is -4.39. The molecule has 5 rings (SSSR count). The van der Waals surface area contributed by atoms with Crippen molar-refractivity contribution in [1.29, 1.82) is 0 Å². The molecule has 5 aromatic rings. The van der Waals surface area contributed by atoms with E-state index in [0.29, 0.717) is 23.7 Å². The van der Waals surface area contributed by atoms with E-state index in [1.165, 1.54) is 47.3 Å². The second kappa shape index (κ2) is 7.88. The number of rotatable bonds is 5. The number of halogens is 4. The van der Waals surface area contributed by atoms with Crippen LogP contribution in [0.25, 0.3) is 39.1 Å². The summed E-state index contributed by atoms with van der Waals surface area (Å²) in [6.07, 6.45) is 9.17. The Labute approximate surface area is 190 Å². The molecule has 6 nitrogen and oxygen atoms in total. The van der Waals surface area contributed by atoms with Crippen LogP contribution in [0.2, 0.25) is 0 Å². The number of alkyl halides is 2. The second-order valence-corrected chi connectivity index (χ2v) is 7.59. The van der Waals surface area contributed by atoms with Crippen molar-refractivity contribution in [2.24, 2.45) is 0 Å². The third-order valence-electron chi connectivity index (χ3n) is 5.28. The van der Waals surface area contributed by atoms with Crippen LogP contribution < -0.4 is 4.74 Å². The standard InChI is InChI=1S/C24H15F4N5O/c1-3-8-34-19-9-13(4-6-16(19)25)18-12-33-20(11-29-18)31-23(24(2,27)28)22(33)14-5-7-17-15(21(14)26)10-30-32-17/h1,4-7,9-12H,8H2,2H3,(H,30,32). The van der Waals surface area contributed by atoms with Crippen molar-refractivity contribution >= 4 is 16.6 Å². The first kappa shape index (κ1) is 21.5. The van der Waals surface area contributed by atoms with Crippen LogP contribution in [0, 0.1) is 24.0 Å². The zero-order valence-electron chi connectivity index (χ0n) is 17.6. The maximum Gasteiger partial charge on any atom is 0.289 e. The molecule has 0 fully saturated rings. The molecule has 0 aliphatic heterocycles. The van der Waals surface area contributed by atoms with Crippen molar-refractivity contribution in [3.05, 3.63) is 66.3 Å². The highest BCUT2D eigenvalue weighted by Gasteiger charge is 2.34. The van der Waals surface area contributed by atoms with Gasteiger partial charge in [-0.25, -0.2) is 13.8 Å². The fourth-order valence-electron chi connectivity index (χ4n) is 3.73. The fourth-order valence-corrected chi connectivity index (χ4v) is 3.73. The Kier molecular flexibility index (Phi) is 4.97. The van der Waals surface area contributed by atoms with E-state index in [1.54, 1.807) is 6.07 Å². The minimum atomic E-state index is -3.37. The summed E-state index contributed by atoms with van der Waals surface area (Å²) in [5, 5.41) is 6.61. The number of imidazole rings is 1. The quantitative estimate of drug-likeness (QED) is 0.281. The van der Waals surface area contributed by atoms with Crippen LogP contribution in [0.1, 0.15) is 12.6 Å². The molecule has 0 bridgehead atoms. The van der Waals surface area contributed by atoms with E-state index >= 15 is 4.39 Å². The van der Waals surface area contributed by atoms with Gasteiger partial charge < -0.3 is 4.74 Å². The van der Waals surface area contributed by atoms with Gasteiger partial charge in [-0.15, -0.1) is 6.42 Å². The molecule has 1 N–H and O–H groups in total. The molecule has 3 aromatic heterocycles. The topological polar surface area (TPSA) is 68.1 Å². The zero-order chi connectivity index (χ0) is 24.0. The largest absolute Gasteiger partial charge is 0.478 e. The average Bonchev–Trinajstić information content (AvgIpc) is 3.44. The van der Waals surface area contributed by atoms with Crippen LogP contribution in [0.3, 0.4) is 0 Å². The first-order valence-corrected chi connectivity index (χ1v) is 10.0. The maximum atomic E-state index is 15.4. The highest BCUT2D eigenvalue weighted by atomic mass is 19.3. The number of fused-ring (bicyclic) bond motifs is 2. The predicted molar refractivity (Wildman–Crippen MR) is 117 cm³/mol. The molecular weight excluding hydrogens is 450 g/mol. The second-order valence-electron chi connectivity index (χ2n) is 7.59. The summed E-state index contributed by atoms with van der Waals surface area (Å²) in [5.41, 5.74) is 0.439. The van der Waals surface area contributed by atoms with E-state index in [4.69, 9.17) is 11.2 Å². The van der Waals surface area contributed by atoms with Crippen molar-refractivity contribution in [2.75, 3.05) is 6.61 Å². The number of aromatic amines is 1. The number of nitrogens with zero attached hydrogens (tertiary/aromatic N) is 4. The summed E-state index contributed by atoms with van der Waals surface area (Å²) in [6.45, 7) is 0.555. The number of aromatic nitrogens is 5. The van der Waals surface area contributed by atoms with E-state index in [2.05, 4.69) is 26.1 Å². The molecule has 0 aliphatic carbocycles. The summed E-state index contributed by atoms with van der Waals surface area (Å²) in [5.74, 6) is -2.53. The van der Waals surface area contributed by atoms with Gasteiger partial charge >= 0.3 is 0 Å². The fraction of sp³-hybridized carbons (Fsp3) is 0.125. The Bertz CT molecular complexity index is 1590. The van der Waals surface area contributed by atoms with Gasteiger partial charge in [0.1, 0.15) is 18.1 Å². The smallest absolute Gasteiger partial charge is 0.289 e. The van der Waals surface area contributed by atoms with Gasteiger partial charge in [0.05, 0.1) is 34.7 Å². The molecule has 0 saturated carbocycles. The molecule has 10 heteroatoms. The highest BCUT2D eigenvalue weighted by molar-refractivity contribution is 5.85. The lowest BCUT2D eigenvalue weighted by atomic mass is 10.0. The summed E-state index contributed by atoms with van der Waals surface area (Å²) >= 11 is 0. The number of hydrogen-bond donors (Lipinski definition) is 1. The van der Waals surface area contributed by atoms with Crippen LogP contribution in [-0.4, -0.2) is 31.2 Å². The van der Waals surface area contributed by atoms with Gasteiger partial charge in [0.15, 0.2) is 17.2 Å². The molecule has 0 atom stereocenters. The SMILES string of the molecule is C#CCOc1cc(-c2cn3c(-c4ccc5[nH]ncc5c4F)c(C(C)(F)F)nc3cn2)ccc1F. The third-order valence-corrected chi connectivity index (χ3v) is 5.28. The summed E-state index contributed by atoms with van der Waals surface area (Å²) < 4.78 is 65.1. The van der Waals surface area contributed by atoms with E-state index in [9.17, 15) is 13.2 Å². The van der Waals surface area contributed by atoms with Crippen LogP contribution in [0.5, 0.6) is 5.75 Å². The van der Waals surface area contributed by atoms with Crippen molar-refractivity contribution in [1.82, 2.24) is 24.6 Å². The molecule has 0 aliphatic rings. The van der Waals surface area contributed by atoms with E-state index in [0.717, 1.165) is 0 Å². The molecule has 170 valence electrons. The number of hydrogen-bond acceptors (Lipinski definition) is 4. The first-order valence-electron chi connectivity index (χ1n) is 10.0. The minimum Gasteiger partial charge on any atom is -0.478 e. The Morgan fingerprint density at radius 3 is 2.76 bits per heavy atom. The maximum absolute atomic E-state index is 15.4. The van der Waals surface area contributed by atoms with Crippen molar-refractivity contribution in [3.8, 4) is 40.6 Å². The van der Waals surface area contributed by atoms with E-state index < -0.39 is 23.3 Å². The van der Waals surface area contributed by atoms with Crippen LogP contribution in [-0.2, 0) is 5.92 Å². The molecule has 0 radical (unpaired) electrons. The minimum absolute atomic E-state index is 0.0766. The average molecular weight is 465 g/mol. The van der Waals surface area contributed by atoms with Gasteiger partial charge in [-0.2, -0.15) is 13.9 Å². The molecular formula is C24H15F4N5O. The lowest BCUT2D eigenvalue weighted by Gasteiger charge is -2.12. The predicted octanol–water partition coefficient (Wildman–Crippen LogP) is 5.34. The molecule has 0 unspecified atom stereocenters. The third kappa shape index (κ3) is 3.51. The normalized spacial score (nSPS) is 11.8. The number of ether oxygens (including phenoxy) is 1. The number of benzene rings is 2. The van der Waals surface area contributed by atoms with Crippen LogP contribution in [0.4, 0.5) is 17.6 Å². The lowest BCUT2D eigenvalue weighted by molar-refractivity contribution is 0.0139. The van der Waals surface area contributed by atoms with Crippen molar-refractivity contribution in [2.45, 2.75) is 12.8 Å². The Morgan fingerprint density at radius 1 is 1.18 bits per heavy atom. The number of nitrogens with one attached hydrogen (secondary N) is 1. The molecule has 0 spiro atoms. The summed E-state index contributed by atoms with van der Waals surface area (Å²) in [7, 11) is 0. The Balaban J connectivity index is 1.74. The number of terminal acetylenes is 1. The first-order chi connectivity index (χ1) is 16.3. The monoisotopic (exact) mass is 465 g/mol. The number of H-pyrrole nitrogens is 1. The van der Waals surface area contributed by atoms with Gasteiger partial charge in [-0.05, 0) is 30.3 Å². The molecule has 3 heterocycles. The Morgan fingerprint density at radius 2 is 2.00 bits per heavy atom. The zero-order valence-corrected chi connectivity index (χ0v) is 17.6. The molecule has 34 heavy (non-hydrogen) atoms. The van der Waals surface area contributed by atoms with Crippen LogP contribution >= 0.6 is 0 Å². The molecule has 0 saturated heterocycles. The molecule has 0 amide bonds. The van der Waals surface area contributed by atoms with Gasteiger partial charge in [0, 0.05) is 24.2 Å². The van der Waals surface area contributed by atoms with E-state index in [-0.39, 0.29) is 34.6 Å². The summed E-state index contributed by atoms with van der Waals surface area (Å²) in [4.78, 5) is 8.30. The van der Waals surface area contributed by atoms with Crippen molar-refractivity contribution < 1.29 is 22.3 Å².